The second kappa shape index (κ2) is 8.94. The minimum absolute atomic E-state index is 0.169. The van der Waals surface area contributed by atoms with E-state index in [1.165, 1.54) is 5.56 Å². The second-order valence-electron chi connectivity index (χ2n) is 8.61. The Hall–Kier alpha value is -2.11. The lowest BCUT2D eigenvalue weighted by molar-refractivity contribution is -0.134. The topological polar surface area (TPSA) is 45.6 Å². The first-order valence-corrected chi connectivity index (χ1v) is 11.3. The fourth-order valence-electron chi connectivity index (χ4n) is 4.32. The highest BCUT2D eigenvalue weighted by Crippen LogP contribution is 2.31. The van der Waals surface area contributed by atoms with Crippen molar-refractivity contribution in [2.45, 2.75) is 39.7 Å². The van der Waals surface area contributed by atoms with Crippen LogP contribution in [0.25, 0.3) is 0 Å². The average Bonchev–Trinajstić information content (AvgIpc) is 3.54. The van der Waals surface area contributed by atoms with Crippen LogP contribution in [-0.2, 0) is 17.8 Å². The molecule has 1 saturated heterocycles. The molecule has 1 aromatic carbocycles. The van der Waals surface area contributed by atoms with E-state index in [9.17, 15) is 9.59 Å². The van der Waals surface area contributed by atoms with Crippen molar-refractivity contribution < 1.29 is 9.59 Å². The number of hydrogen-bond acceptors (Lipinski definition) is 3. The number of carbonyl (C=O) groups is 2. The molecule has 1 aliphatic heterocycles. The van der Waals surface area contributed by atoms with Crippen molar-refractivity contribution in [3.63, 3.8) is 0 Å². The number of benzene rings is 1. The molecule has 5 nitrogen and oxygen atoms in total. The minimum Gasteiger partial charge on any atom is -0.348 e. The standard InChI is InChI=1S/C24H30ClN3O2/c1-17-15-22(18(2)28(17)10-9-19-3-7-21(25)8-4-19)23(29)16-26-11-13-27(14-12-26)24(30)20-5-6-20/h3-4,7-8,15,20H,5-6,9-14,16H2,1-2H3. The van der Waals surface area contributed by atoms with Gasteiger partial charge in [-0.05, 0) is 56.9 Å². The van der Waals surface area contributed by atoms with Crippen LogP contribution in [0.2, 0.25) is 5.02 Å². The van der Waals surface area contributed by atoms with E-state index < -0.39 is 0 Å². The first kappa shape index (κ1) is 21.1. The molecule has 160 valence electrons. The number of amides is 1. The van der Waals surface area contributed by atoms with Crippen molar-refractivity contribution >= 4 is 23.3 Å². The van der Waals surface area contributed by atoms with Gasteiger partial charge in [-0.25, -0.2) is 0 Å². The summed E-state index contributed by atoms with van der Waals surface area (Å²) in [6.45, 7) is 8.40. The summed E-state index contributed by atoms with van der Waals surface area (Å²) >= 11 is 5.97. The molecule has 0 atom stereocenters. The predicted octanol–water partition coefficient (Wildman–Crippen LogP) is 3.74. The number of piperazine rings is 1. The third-order valence-electron chi connectivity index (χ3n) is 6.39. The molecular weight excluding hydrogens is 398 g/mol. The van der Waals surface area contributed by atoms with E-state index in [0.717, 1.165) is 74.0 Å². The first-order chi connectivity index (χ1) is 14.4. The fraction of sp³-hybridized carbons (Fsp3) is 0.500. The molecule has 4 rings (SSSR count). The molecule has 0 unspecified atom stereocenters. The zero-order valence-electron chi connectivity index (χ0n) is 17.9. The van der Waals surface area contributed by atoms with Gasteiger partial charge < -0.3 is 9.47 Å². The Bertz CT molecular complexity index is 923. The van der Waals surface area contributed by atoms with Crippen LogP contribution < -0.4 is 0 Å². The highest BCUT2D eigenvalue weighted by molar-refractivity contribution is 6.30. The van der Waals surface area contributed by atoms with Crippen molar-refractivity contribution in [2.24, 2.45) is 5.92 Å². The summed E-state index contributed by atoms with van der Waals surface area (Å²) in [5, 5.41) is 0.748. The molecule has 1 amide bonds. The van der Waals surface area contributed by atoms with Crippen molar-refractivity contribution in [1.82, 2.24) is 14.4 Å². The number of halogens is 1. The molecular formula is C24H30ClN3O2. The maximum absolute atomic E-state index is 13.0. The SMILES string of the molecule is Cc1cc(C(=O)CN2CCN(C(=O)C3CC3)CC2)c(C)n1CCc1ccc(Cl)cc1. The van der Waals surface area contributed by atoms with Gasteiger partial charge in [0, 0.05) is 60.6 Å². The van der Waals surface area contributed by atoms with E-state index in [2.05, 4.69) is 28.5 Å². The van der Waals surface area contributed by atoms with E-state index in [1.807, 2.05) is 30.0 Å². The third-order valence-corrected chi connectivity index (χ3v) is 6.64. The molecule has 2 aromatic rings. The molecule has 6 heteroatoms. The predicted molar refractivity (Wildman–Crippen MR) is 119 cm³/mol. The summed E-state index contributed by atoms with van der Waals surface area (Å²) < 4.78 is 2.23. The molecule has 1 aliphatic carbocycles. The summed E-state index contributed by atoms with van der Waals surface area (Å²) in [6.07, 6.45) is 2.99. The van der Waals surface area contributed by atoms with Gasteiger partial charge in [0.05, 0.1) is 6.54 Å². The molecule has 0 spiro atoms. The maximum Gasteiger partial charge on any atom is 0.225 e. The van der Waals surface area contributed by atoms with Gasteiger partial charge >= 0.3 is 0 Å². The second-order valence-corrected chi connectivity index (χ2v) is 9.05. The van der Waals surface area contributed by atoms with Crippen LogP contribution in [-0.4, -0.2) is 58.8 Å². The molecule has 30 heavy (non-hydrogen) atoms. The van der Waals surface area contributed by atoms with Crippen molar-refractivity contribution in [3.05, 3.63) is 57.9 Å². The van der Waals surface area contributed by atoms with Crippen LogP contribution in [0.3, 0.4) is 0 Å². The summed E-state index contributed by atoms with van der Waals surface area (Å²) in [5.41, 5.74) is 4.21. The maximum atomic E-state index is 13.0. The Kier molecular flexibility index (Phi) is 6.30. The van der Waals surface area contributed by atoms with Crippen LogP contribution in [0, 0.1) is 19.8 Å². The van der Waals surface area contributed by atoms with Gasteiger partial charge in [-0.2, -0.15) is 0 Å². The molecule has 2 heterocycles. The van der Waals surface area contributed by atoms with Gasteiger partial charge in [0.2, 0.25) is 5.91 Å². The van der Waals surface area contributed by atoms with Gasteiger partial charge in [0.25, 0.3) is 0 Å². The number of carbonyl (C=O) groups excluding carboxylic acids is 2. The average molecular weight is 428 g/mol. The van der Waals surface area contributed by atoms with Crippen LogP contribution in [0.4, 0.5) is 0 Å². The Balaban J connectivity index is 1.33. The smallest absolute Gasteiger partial charge is 0.225 e. The van der Waals surface area contributed by atoms with Crippen LogP contribution >= 0.6 is 11.6 Å². The molecule has 0 N–H and O–H groups in total. The van der Waals surface area contributed by atoms with Gasteiger partial charge in [-0.1, -0.05) is 23.7 Å². The monoisotopic (exact) mass is 427 g/mol. The van der Waals surface area contributed by atoms with Gasteiger partial charge in [-0.15, -0.1) is 0 Å². The van der Waals surface area contributed by atoms with Gasteiger partial charge in [0.1, 0.15) is 0 Å². The first-order valence-electron chi connectivity index (χ1n) is 10.9. The van der Waals surface area contributed by atoms with Crippen molar-refractivity contribution in [3.8, 4) is 0 Å². The zero-order chi connectivity index (χ0) is 21.3. The summed E-state index contributed by atoms with van der Waals surface area (Å²) in [6, 6.07) is 9.96. The Morgan fingerprint density at radius 2 is 1.70 bits per heavy atom. The number of aryl methyl sites for hydroxylation is 2. The number of hydrogen-bond donors (Lipinski definition) is 0. The third kappa shape index (κ3) is 4.79. The number of aromatic nitrogens is 1. The lowest BCUT2D eigenvalue weighted by atomic mass is 10.1. The highest BCUT2D eigenvalue weighted by atomic mass is 35.5. The van der Waals surface area contributed by atoms with Gasteiger partial charge in [-0.3, -0.25) is 14.5 Å². The van der Waals surface area contributed by atoms with Gasteiger partial charge in [0.15, 0.2) is 5.78 Å². The summed E-state index contributed by atoms with van der Waals surface area (Å²) in [4.78, 5) is 29.4. The summed E-state index contributed by atoms with van der Waals surface area (Å²) in [5.74, 6) is 0.754. The number of ketones is 1. The van der Waals surface area contributed by atoms with Crippen molar-refractivity contribution in [2.75, 3.05) is 32.7 Å². The Morgan fingerprint density at radius 1 is 1.03 bits per heavy atom. The van der Waals surface area contributed by atoms with E-state index in [0.29, 0.717) is 12.5 Å². The molecule has 1 aromatic heterocycles. The van der Waals surface area contributed by atoms with E-state index in [4.69, 9.17) is 11.6 Å². The number of nitrogens with zero attached hydrogens (tertiary/aromatic N) is 3. The highest BCUT2D eigenvalue weighted by Gasteiger charge is 2.34. The van der Waals surface area contributed by atoms with E-state index in [-0.39, 0.29) is 11.7 Å². The normalized spacial score (nSPS) is 17.4. The number of Topliss-reactive ketones (excluding diaryl/α,β-unsaturated/α-hetero) is 1. The Labute approximate surface area is 183 Å². The fourth-order valence-corrected chi connectivity index (χ4v) is 4.45. The molecule has 0 radical (unpaired) electrons. The quantitative estimate of drug-likeness (QED) is 0.632. The molecule has 2 fully saturated rings. The van der Waals surface area contributed by atoms with Crippen molar-refractivity contribution in [1.29, 1.82) is 0 Å². The lowest BCUT2D eigenvalue weighted by Gasteiger charge is -2.34. The van der Waals surface area contributed by atoms with Crippen LogP contribution in [0.1, 0.15) is 40.2 Å². The largest absolute Gasteiger partial charge is 0.348 e. The molecule has 2 aliphatic rings. The molecule has 1 saturated carbocycles. The van der Waals surface area contributed by atoms with E-state index >= 15 is 0 Å². The lowest BCUT2D eigenvalue weighted by Crippen LogP contribution is -2.50. The van der Waals surface area contributed by atoms with Crippen LogP contribution in [0.5, 0.6) is 0 Å². The minimum atomic E-state index is 0.169. The van der Waals surface area contributed by atoms with Crippen LogP contribution in [0.15, 0.2) is 30.3 Å². The molecule has 0 bridgehead atoms. The number of rotatable bonds is 7. The summed E-state index contributed by atoms with van der Waals surface area (Å²) in [7, 11) is 0. The Morgan fingerprint density at radius 3 is 2.33 bits per heavy atom. The van der Waals surface area contributed by atoms with E-state index in [1.54, 1.807) is 0 Å². The zero-order valence-corrected chi connectivity index (χ0v) is 18.6.